The predicted octanol–water partition coefficient (Wildman–Crippen LogP) is 3.49. The first-order valence-corrected chi connectivity index (χ1v) is 7.30. The first-order chi connectivity index (χ1) is 9.81. The van der Waals surface area contributed by atoms with Gasteiger partial charge in [-0.2, -0.15) is 4.80 Å². The summed E-state index contributed by atoms with van der Waals surface area (Å²) < 4.78 is 0. The lowest BCUT2D eigenvalue weighted by Crippen LogP contribution is -2.04. The van der Waals surface area contributed by atoms with Crippen molar-refractivity contribution in [1.29, 1.82) is 0 Å². The molecule has 20 heavy (non-hydrogen) atoms. The standard InChI is InChI=1S/C16H22N4/c1-3-5-6-7-8-16-17-19-20(18-16)13-15-11-9-14(4-2)10-12-15/h4,9-12H,2-3,5-8,13H2,1H3. The van der Waals surface area contributed by atoms with Gasteiger partial charge in [-0.15, -0.1) is 10.2 Å². The fraction of sp³-hybridized carbons (Fsp3) is 0.438. The molecule has 0 aliphatic carbocycles. The number of aromatic nitrogens is 4. The highest BCUT2D eigenvalue weighted by Gasteiger charge is 2.03. The highest BCUT2D eigenvalue weighted by atomic mass is 15.6. The van der Waals surface area contributed by atoms with Crippen LogP contribution in [0.1, 0.15) is 49.6 Å². The first kappa shape index (κ1) is 14.4. The molecule has 0 amide bonds. The van der Waals surface area contributed by atoms with Gasteiger partial charge in [0, 0.05) is 6.42 Å². The fourth-order valence-corrected chi connectivity index (χ4v) is 2.08. The molecular formula is C16H22N4. The van der Waals surface area contributed by atoms with E-state index in [1.54, 1.807) is 4.80 Å². The van der Waals surface area contributed by atoms with Crippen molar-refractivity contribution in [3.05, 3.63) is 47.8 Å². The van der Waals surface area contributed by atoms with Crippen molar-refractivity contribution in [3.8, 4) is 0 Å². The van der Waals surface area contributed by atoms with Gasteiger partial charge >= 0.3 is 0 Å². The lowest BCUT2D eigenvalue weighted by Gasteiger charge is -2.00. The Balaban J connectivity index is 1.86. The summed E-state index contributed by atoms with van der Waals surface area (Å²) in [4.78, 5) is 1.66. The molecule has 4 heteroatoms. The van der Waals surface area contributed by atoms with E-state index in [-0.39, 0.29) is 0 Å². The van der Waals surface area contributed by atoms with Crippen molar-refractivity contribution in [1.82, 2.24) is 20.2 Å². The van der Waals surface area contributed by atoms with E-state index < -0.39 is 0 Å². The predicted molar refractivity (Wildman–Crippen MR) is 81.3 cm³/mol. The van der Waals surface area contributed by atoms with Crippen LogP contribution in [0.15, 0.2) is 30.8 Å². The molecule has 0 N–H and O–H groups in total. The van der Waals surface area contributed by atoms with E-state index in [0.717, 1.165) is 24.2 Å². The van der Waals surface area contributed by atoms with E-state index in [2.05, 4.69) is 41.0 Å². The highest BCUT2D eigenvalue weighted by Crippen LogP contribution is 2.07. The van der Waals surface area contributed by atoms with Crippen LogP contribution in [0.3, 0.4) is 0 Å². The van der Waals surface area contributed by atoms with Gasteiger partial charge in [-0.05, 0) is 22.8 Å². The summed E-state index contributed by atoms with van der Waals surface area (Å²) in [5, 5.41) is 12.6. The minimum atomic E-state index is 0.666. The molecule has 0 radical (unpaired) electrons. The van der Waals surface area contributed by atoms with Crippen LogP contribution >= 0.6 is 0 Å². The van der Waals surface area contributed by atoms with Gasteiger partial charge in [-0.3, -0.25) is 0 Å². The molecule has 2 aromatic rings. The zero-order valence-electron chi connectivity index (χ0n) is 12.1. The molecular weight excluding hydrogens is 248 g/mol. The topological polar surface area (TPSA) is 43.6 Å². The van der Waals surface area contributed by atoms with E-state index in [9.17, 15) is 0 Å². The average molecular weight is 270 g/mol. The number of hydrogen-bond acceptors (Lipinski definition) is 3. The van der Waals surface area contributed by atoms with Crippen molar-refractivity contribution in [2.24, 2.45) is 0 Å². The minimum absolute atomic E-state index is 0.666. The third-order valence-electron chi connectivity index (χ3n) is 3.29. The molecule has 0 aliphatic heterocycles. The van der Waals surface area contributed by atoms with E-state index in [1.807, 2.05) is 18.2 Å². The lowest BCUT2D eigenvalue weighted by atomic mass is 10.1. The summed E-state index contributed by atoms with van der Waals surface area (Å²) in [6, 6.07) is 8.23. The van der Waals surface area contributed by atoms with Crippen molar-refractivity contribution in [3.63, 3.8) is 0 Å². The molecule has 0 spiro atoms. The molecule has 0 atom stereocenters. The number of hydrogen-bond donors (Lipinski definition) is 0. The molecule has 1 aromatic carbocycles. The maximum Gasteiger partial charge on any atom is 0.174 e. The summed E-state index contributed by atoms with van der Waals surface area (Å²) in [6.07, 6.45) is 7.69. The Morgan fingerprint density at radius 3 is 2.65 bits per heavy atom. The van der Waals surface area contributed by atoms with Crippen molar-refractivity contribution in [2.45, 2.75) is 45.6 Å². The van der Waals surface area contributed by atoms with Crippen molar-refractivity contribution >= 4 is 6.08 Å². The Morgan fingerprint density at radius 1 is 1.15 bits per heavy atom. The molecule has 0 fully saturated rings. The SMILES string of the molecule is C=Cc1ccc(Cn2nnc(CCCCCC)n2)cc1. The molecule has 0 unspecified atom stereocenters. The molecule has 4 nitrogen and oxygen atoms in total. The maximum atomic E-state index is 4.42. The number of nitrogens with zero attached hydrogens (tertiary/aromatic N) is 4. The monoisotopic (exact) mass is 270 g/mol. The molecule has 1 aromatic heterocycles. The van der Waals surface area contributed by atoms with E-state index >= 15 is 0 Å². The number of benzene rings is 1. The summed E-state index contributed by atoms with van der Waals surface area (Å²) in [6.45, 7) is 6.63. The first-order valence-electron chi connectivity index (χ1n) is 7.30. The number of rotatable bonds is 8. The maximum absolute atomic E-state index is 4.42. The largest absolute Gasteiger partial charge is 0.174 e. The van der Waals surface area contributed by atoms with Crippen LogP contribution in [-0.2, 0) is 13.0 Å². The number of unbranched alkanes of at least 4 members (excludes halogenated alkanes) is 3. The summed E-state index contributed by atoms with van der Waals surface area (Å²) in [5.74, 6) is 0.851. The van der Waals surface area contributed by atoms with Crippen LogP contribution in [0, 0.1) is 0 Å². The second kappa shape index (κ2) is 7.58. The Bertz CT molecular complexity index is 528. The van der Waals surface area contributed by atoms with Crippen LogP contribution in [-0.4, -0.2) is 20.2 Å². The third-order valence-corrected chi connectivity index (χ3v) is 3.29. The van der Waals surface area contributed by atoms with Crippen LogP contribution in [0.4, 0.5) is 0 Å². The van der Waals surface area contributed by atoms with E-state index in [1.165, 1.54) is 24.8 Å². The molecule has 106 valence electrons. The van der Waals surface area contributed by atoms with Crippen molar-refractivity contribution in [2.75, 3.05) is 0 Å². The van der Waals surface area contributed by atoms with Crippen LogP contribution in [0.5, 0.6) is 0 Å². The second-order valence-corrected chi connectivity index (χ2v) is 4.99. The van der Waals surface area contributed by atoms with Crippen molar-refractivity contribution < 1.29 is 0 Å². The van der Waals surface area contributed by atoms with Gasteiger partial charge in [0.2, 0.25) is 0 Å². The zero-order chi connectivity index (χ0) is 14.2. The molecule has 0 saturated carbocycles. The Hall–Kier alpha value is -1.97. The normalized spacial score (nSPS) is 10.7. The van der Waals surface area contributed by atoms with Gasteiger partial charge in [0.05, 0.1) is 6.54 Å². The van der Waals surface area contributed by atoms with Crippen LogP contribution in [0.2, 0.25) is 0 Å². The third kappa shape index (κ3) is 4.30. The van der Waals surface area contributed by atoms with Gasteiger partial charge in [0.1, 0.15) is 0 Å². The number of tetrazole rings is 1. The summed E-state index contributed by atoms with van der Waals surface area (Å²) in [7, 11) is 0. The van der Waals surface area contributed by atoms with Gasteiger partial charge < -0.3 is 0 Å². The Labute approximate surface area is 120 Å². The molecule has 0 aliphatic rings. The van der Waals surface area contributed by atoms with Crippen LogP contribution < -0.4 is 0 Å². The van der Waals surface area contributed by atoms with Crippen LogP contribution in [0.25, 0.3) is 6.08 Å². The molecule has 0 saturated heterocycles. The van der Waals surface area contributed by atoms with E-state index in [0.29, 0.717) is 6.54 Å². The van der Waals surface area contributed by atoms with Gasteiger partial charge in [0.25, 0.3) is 0 Å². The smallest absolute Gasteiger partial charge is 0.160 e. The zero-order valence-corrected chi connectivity index (χ0v) is 12.1. The average Bonchev–Trinajstić information content (AvgIpc) is 2.92. The Kier molecular flexibility index (Phi) is 5.47. The van der Waals surface area contributed by atoms with E-state index in [4.69, 9.17) is 0 Å². The fourth-order valence-electron chi connectivity index (χ4n) is 2.08. The quantitative estimate of drug-likeness (QED) is 0.690. The Morgan fingerprint density at radius 2 is 1.95 bits per heavy atom. The van der Waals surface area contributed by atoms with Gasteiger partial charge in [0.15, 0.2) is 5.82 Å². The minimum Gasteiger partial charge on any atom is -0.160 e. The highest BCUT2D eigenvalue weighted by molar-refractivity contribution is 5.47. The second-order valence-electron chi connectivity index (χ2n) is 4.99. The van der Waals surface area contributed by atoms with Gasteiger partial charge in [-0.25, -0.2) is 0 Å². The summed E-state index contributed by atoms with van der Waals surface area (Å²) in [5.41, 5.74) is 2.29. The summed E-state index contributed by atoms with van der Waals surface area (Å²) >= 11 is 0. The lowest BCUT2D eigenvalue weighted by molar-refractivity contribution is 0.568. The molecule has 2 rings (SSSR count). The number of aryl methyl sites for hydroxylation is 1. The molecule has 0 bridgehead atoms. The molecule has 1 heterocycles. The van der Waals surface area contributed by atoms with Gasteiger partial charge in [-0.1, -0.05) is 63.1 Å².